The number of β-amino-alcohol motifs (C(OH)–C–C–N with tert-alkyl or cyclic N) is 1. The van der Waals surface area contributed by atoms with Gasteiger partial charge in [-0.05, 0) is 54.6 Å². The largest absolute Gasteiger partial charge is 0.391 e. The minimum atomic E-state index is -0.289. The number of likely N-dealkylation sites (N-methyl/N-ethyl adjacent to an activating group) is 1. The second-order valence-corrected chi connectivity index (χ2v) is 6.14. The molecule has 1 aromatic rings. The van der Waals surface area contributed by atoms with Crippen LogP contribution in [0, 0.1) is 0 Å². The summed E-state index contributed by atoms with van der Waals surface area (Å²) in [6.07, 6.45) is 1.33. The lowest BCUT2D eigenvalue weighted by atomic mass is 10.1. The van der Waals surface area contributed by atoms with Crippen LogP contribution in [0.5, 0.6) is 0 Å². The third-order valence-corrected chi connectivity index (χ3v) is 4.02. The average Bonchev–Trinajstić information content (AvgIpc) is 2.69. The number of carbonyl (C=O) groups is 1. The first-order chi connectivity index (χ1) is 9.01. The Balaban J connectivity index is 2.25. The molecule has 104 valence electrons. The van der Waals surface area contributed by atoms with Crippen molar-refractivity contribution in [3.05, 3.63) is 28.2 Å². The zero-order chi connectivity index (χ0) is 14.0. The lowest BCUT2D eigenvalue weighted by Gasteiger charge is -2.29. The fourth-order valence-corrected chi connectivity index (χ4v) is 3.24. The molecule has 1 heterocycles. The number of aliphatic hydroxyl groups excluding tert-OH is 1. The number of aldehydes is 1. The molecule has 19 heavy (non-hydrogen) atoms. The number of hydrogen-bond donors (Lipinski definition) is 1. The maximum atomic E-state index is 10.8. The molecule has 0 aromatic heterocycles. The first-order valence-electron chi connectivity index (χ1n) is 6.35. The highest BCUT2D eigenvalue weighted by Crippen LogP contribution is 2.33. The molecule has 2 unspecified atom stereocenters. The molecule has 1 saturated heterocycles. The van der Waals surface area contributed by atoms with Gasteiger partial charge in [-0.3, -0.25) is 4.79 Å². The monoisotopic (exact) mass is 326 g/mol. The lowest BCUT2D eigenvalue weighted by molar-refractivity contribution is 0.112. The molecule has 5 heteroatoms. The van der Waals surface area contributed by atoms with Gasteiger partial charge in [0.05, 0.1) is 11.8 Å². The van der Waals surface area contributed by atoms with E-state index in [2.05, 4.69) is 25.7 Å². The third kappa shape index (κ3) is 3.35. The van der Waals surface area contributed by atoms with Crippen molar-refractivity contribution in [2.24, 2.45) is 0 Å². The van der Waals surface area contributed by atoms with E-state index in [1.165, 1.54) is 0 Å². The molecule has 0 amide bonds. The van der Waals surface area contributed by atoms with Crippen molar-refractivity contribution in [2.75, 3.05) is 32.1 Å². The molecule has 1 aliphatic heterocycles. The molecule has 0 radical (unpaired) electrons. The highest BCUT2D eigenvalue weighted by Gasteiger charge is 2.32. The molecule has 0 spiro atoms. The van der Waals surface area contributed by atoms with E-state index >= 15 is 0 Å². The van der Waals surface area contributed by atoms with Crippen LogP contribution in [-0.4, -0.2) is 55.6 Å². The lowest BCUT2D eigenvalue weighted by Crippen LogP contribution is -2.37. The topological polar surface area (TPSA) is 43.8 Å². The second-order valence-electron chi connectivity index (χ2n) is 5.29. The summed E-state index contributed by atoms with van der Waals surface area (Å²) in [6.45, 7) is 1.54. The van der Waals surface area contributed by atoms with Crippen molar-refractivity contribution < 1.29 is 9.90 Å². The second kappa shape index (κ2) is 6.03. The Labute approximate surface area is 122 Å². The van der Waals surface area contributed by atoms with Crippen LogP contribution >= 0.6 is 15.9 Å². The average molecular weight is 327 g/mol. The summed E-state index contributed by atoms with van der Waals surface area (Å²) < 4.78 is 0.898. The van der Waals surface area contributed by atoms with Crippen molar-refractivity contribution in [1.29, 1.82) is 0 Å². The molecule has 2 atom stereocenters. The number of rotatable bonds is 4. The summed E-state index contributed by atoms with van der Waals surface area (Å²) in [5, 5.41) is 9.90. The van der Waals surface area contributed by atoms with Gasteiger partial charge in [0.1, 0.15) is 6.29 Å². The van der Waals surface area contributed by atoms with E-state index < -0.39 is 0 Å². The van der Waals surface area contributed by atoms with Crippen LogP contribution in [-0.2, 0) is 0 Å². The normalized spacial score (nSPS) is 23.1. The Kier molecular flexibility index (Phi) is 4.60. The van der Waals surface area contributed by atoms with Gasteiger partial charge in [0.25, 0.3) is 0 Å². The number of hydrogen-bond acceptors (Lipinski definition) is 4. The summed E-state index contributed by atoms with van der Waals surface area (Å²) in [7, 11) is 4.07. The Hall–Kier alpha value is -0.910. The van der Waals surface area contributed by atoms with Crippen molar-refractivity contribution in [3.63, 3.8) is 0 Å². The standard InChI is InChI=1S/C14H19BrN2O2/c1-16(2)7-11-6-12(19)8-17(11)14-4-3-10(9-18)5-13(14)15/h3-5,9,11-12,19H,6-8H2,1-2H3. The zero-order valence-corrected chi connectivity index (χ0v) is 12.8. The first-order valence-corrected chi connectivity index (χ1v) is 7.14. The summed E-state index contributed by atoms with van der Waals surface area (Å²) in [5.41, 5.74) is 1.69. The van der Waals surface area contributed by atoms with Gasteiger partial charge in [-0.15, -0.1) is 0 Å². The van der Waals surface area contributed by atoms with Gasteiger partial charge in [-0.2, -0.15) is 0 Å². The number of carbonyl (C=O) groups excluding carboxylic acids is 1. The van der Waals surface area contributed by atoms with Gasteiger partial charge in [0, 0.05) is 29.2 Å². The smallest absolute Gasteiger partial charge is 0.150 e. The molecule has 4 nitrogen and oxygen atoms in total. The third-order valence-electron chi connectivity index (χ3n) is 3.39. The fraction of sp³-hybridized carbons (Fsp3) is 0.500. The molecule has 1 fully saturated rings. The molecule has 1 N–H and O–H groups in total. The quantitative estimate of drug-likeness (QED) is 0.856. The predicted molar refractivity (Wildman–Crippen MR) is 79.8 cm³/mol. The van der Waals surface area contributed by atoms with Crippen LogP contribution in [0.4, 0.5) is 5.69 Å². The van der Waals surface area contributed by atoms with E-state index in [9.17, 15) is 9.90 Å². The van der Waals surface area contributed by atoms with Crippen molar-refractivity contribution in [2.45, 2.75) is 18.6 Å². The molecular weight excluding hydrogens is 308 g/mol. The van der Waals surface area contributed by atoms with Gasteiger partial charge in [-0.1, -0.05) is 0 Å². The summed E-state index contributed by atoms with van der Waals surface area (Å²) in [5.74, 6) is 0. The Morgan fingerprint density at radius 1 is 1.53 bits per heavy atom. The SMILES string of the molecule is CN(C)CC1CC(O)CN1c1ccc(C=O)cc1Br. The van der Waals surface area contributed by atoms with Gasteiger partial charge >= 0.3 is 0 Å². The van der Waals surface area contributed by atoms with Gasteiger partial charge in [-0.25, -0.2) is 0 Å². The van der Waals surface area contributed by atoms with Crippen molar-refractivity contribution in [3.8, 4) is 0 Å². The molecule has 0 bridgehead atoms. The number of nitrogens with zero attached hydrogens (tertiary/aromatic N) is 2. The van der Waals surface area contributed by atoms with Gasteiger partial charge in [0.2, 0.25) is 0 Å². The van der Waals surface area contributed by atoms with Gasteiger partial charge < -0.3 is 14.9 Å². The van der Waals surface area contributed by atoms with Crippen LogP contribution < -0.4 is 4.90 Å². The molecular formula is C14H19BrN2O2. The molecule has 0 aliphatic carbocycles. The predicted octanol–water partition coefficient (Wildman–Crippen LogP) is 1.76. The number of aliphatic hydroxyl groups is 1. The van der Waals surface area contributed by atoms with Crippen LogP contribution in [0.25, 0.3) is 0 Å². The minimum Gasteiger partial charge on any atom is -0.391 e. The first kappa shape index (κ1) is 14.5. The van der Waals surface area contributed by atoms with Gasteiger partial charge in [0.15, 0.2) is 0 Å². The van der Waals surface area contributed by atoms with E-state index in [0.717, 1.165) is 29.4 Å². The van der Waals surface area contributed by atoms with Crippen LogP contribution in [0.3, 0.4) is 0 Å². The number of benzene rings is 1. The maximum absolute atomic E-state index is 10.8. The number of halogens is 1. The van der Waals surface area contributed by atoms with E-state index in [-0.39, 0.29) is 6.10 Å². The Morgan fingerprint density at radius 2 is 2.26 bits per heavy atom. The van der Waals surface area contributed by atoms with E-state index in [1.807, 2.05) is 32.3 Å². The Morgan fingerprint density at radius 3 is 2.84 bits per heavy atom. The fourth-order valence-electron chi connectivity index (χ4n) is 2.61. The maximum Gasteiger partial charge on any atom is 0.150 e. The molecule has 0 saturated carbocycles. The van der Waals surface area contributed by atoms with Crippen molar-refractivity contribution >= 4 is 27.9 Å². The highest BCUT2D eigenvalue weighted by atomic mass is 79.9. The number of anilines is 1. The van der Waals surface area contributed by atoms with Crippen molar-refractivity contribution in [1.82, 2.24) is 4.90 Å². The molecule has 1 aromatic carbocycles. The van der Waals surface area contributed by atoms with E-state index in [0.29, 0.717) is 18.2 Å². The highest BCUT2D eigenvalue weighted by molar-refractivity contribution is 9.10. The van der Waals surface area contributed by atoms with E-state index in [1.54, 1.807) is 0 Å². The van der Waals surface area contributed by atoms with E-state index in [4.69, 9.17) is 0 Å². The van der Waals surface area contributed by atoms with Crippen LogP contribution in [0.1, 0.15) is 16.8 Å². The summed E-state index contributed by atoms with van der Waals surface area (Å²) >= 11 is 3.52. The minimum absolute atomic E-state index is 0.289. The van der Waals surface area contributed by atoms with Crippen LogP contribution in [0.15, 0.2) is 22.7 Å². The summed E-state index contributed by atoms with van der Waals surface area (Å²) in [4.78, 5) is 15.1. The summed E-state index contributed by atoms with van der Waals surface area (Å²) in [6, 6.07) is 5.86. The Bertz CT molecular complexity index is 465. The zero-order valence-electron chi connectivity index (χ0n) is 11.2. The molecule has 1 aliphatic rings. The molecule has 2 rings (SSSR count). The van der Waals surface area contributed by atoms with Crippen LogP contribution in [0.2, 0.25) is 0 Å².